The van der Waals surface area contributed by atoms with Crippen LogP contribution in [0.1, 0.15) is 12.6 Å². The van der Waals surface area contributed by atoms with E-state index in [1.54, 1.807) is 6.20 Å². The number of morpholine rings is 1. The summed E-state index contributed by atoms with van der Waals surface area (Å²) in [6.07, 6.45) is 1.69. The molecule has 0 amide bonds. The van der Waals surface area contributed by atoms with Gasteiger partial charge in [0.2, 0.25) is 0 Å². The highest BCUT2D eigenvalue weighted by Crippen LogP contribution is 2.06. The molecule has 0 aromatic carbocycles. The predicted octanol–water partition coefficient (Wildman–Crippen LogP) is 1.55. The second-order valence-electron chi connectivity index (χ2n) is 4.66. The van der Waals surface area contributed by atoms with Crippen LogP contribution in [0.15, 0.2) is 18.3 Å². The molecule has 1 aromatic heterocycles. The van der Waals surface area contributed by atoms with Crippen molar-refractivity contribution in [2.24, 2.45) is 0 Å². The summed E-state index contributed by atoms with van der Waals surface area (Å²) in [5, 5.41) is 4.16. The lowest BCUT2D eigenvalue weighted by Gasteiger charge is -2.29. The zero-order valence-corrected chi connectivity index (χ0v) is 11.5. The topological polar surface area (TPSA) is 37.4 Å². The van der Waals surface area contributed by atoms with Gasteiger partial charge in [0, 0.05) is 38.4 Å². The number of aromatic nitrogens is 1. The second-order valence-corrected chi connectivity index (χ2v) is 5.10. The van der Waals surface area contributed by atoms with Gasteiger partial charge in [-0.3, -0.25) is 9.88 Å². The fourth-order valence-electron chi connectivity index (χ4n) is 2.03. The molecule has 5 heteroatoms. The molecule has 0 radical (unpaired) electrons. The molecule has 0 saturated carbocycles. The smallest absolute Gasteiger partial charge is 0.0594 e. The summed E-state index contributed by atoms with van der Waals surface area (Å²) < 4.78 is 5.34. The predicted molar refractivity (Wildman–Crippen MR) is 72.8 cm³/mol. The highest BCUT2D eigenvalue weighted by atomic mass is 35.5. The van der Waals surface area contributed by atoms with Gasteiger partial charge < -0.3 is 10.1 Å². The molecular weight excluding hydrogens is 250 g/mol. The molecule has 1 saturated heterocycles. The normalized spacial score (nSPS) is 18.8. The summed E-state index contributed by atoms with van der Waals surface area (Å²) in [4.78, 5) is 6.70. The molecular formula is C13H20ClN3O. The maximum absolute atomic E-state index is 5.80. The third-order valence-corrected chi connectivity index (χ3v) is 3.28. The Morgan fingerprint density at radius 2 is 2.22 bits per heavy atom. The maximum Gasteiger partial charge on any atom is 0.0594 e. The first-order chi connectivity index (χ1) is 8.74. The molecule has 100 valence electrons. The summed E-state index contributed by atoms with van der Waals surface area (Å²) in [6, 6.07) is 4.27. The molecule has 1 aliphatic heterocycles. The van der Waals surface area contributed by atoms with E-state index in [0.29, 0.717) is 11.1 Å². The summed E-state index contributed by atoms with van der Waals surface area (Å²) in [7, 11) is 0. The molecule has 2 heterocycles. The Morgan fingerprint density at radius 1 is 1.44 bits per heavy atom. The van der Waals surface area contributed by atoms with E-state index in [9.17, 15) is 0 Å². The minimum Gasteiger partial charge on any atom is -0.379 e. The van der Waals surface area contributed by atoms with Crippen molar-refractivity contribution >= 4 is 11.6 Å². The van der Waals surface area contributed by atoms with E-state index >= 15 is 0 Å². The number of nitrogens with zero attached hydrogens (tertiary/aromatic N) is 2. The van der Waals surface area contributed by atoms with Crippen molar-refractivity contribution < 1.29 is 4.74 Å². The molecule has 1 aromatic rings. The Hall–Kier alpha value is -0.680. The lowest BCUT2D eigenvalue weighted by atomic mass is 10.2. The second kappa shape index (κ2) is 7.04. The molecule has 1 unspecified atom stereocenters. The van der Waals surface area contributed by atoms with Crippen molar-refractivity contribution in [2.75, 3.05) is 32.8 Å². The highest BCUT2D eigenvalue weighted by molar-refractivity contribution is 6.30. The van der Waals surface area contributed by atoms with E-state index in [4.69, 9.17) is 16.3 Å². The number of pyridine rings is 1. The van der Waals surface area contributed by atoms with Gasteiger partial charge in [-0.05, 0) is 19.1 Å². The lowest BCUT2D eigenvalue weighted by Crippen LogP contribution is -2.44. The van der Waals surface area contributed by atoms with Crippen LogP contribution in [0.25, 0.3) is 0 Å². The van der Waals surface area contributed by atoms with Crippen LogP contribution in [-0.2, 0) is 11.3 Å². The Kier molecular flexibility index (Phi) is 5.38. The van der Waals surface area contributed by atoms with Gasteiger partial charge in [0.05, 0.1) is 23.9 Å². The van der Waals surface area contributed by atoms with Crippen molar-refractivity contribution in [1.29, 1.82) is 0 Å². The highest BCUT2D eigenvalue weighted by Gasteiger charge is 2.13. The largest absolute Gasteiger partial charge is 0.379 e. The minimum atomic E-state index is 0.445. The number of nitrogens with one attached hydrogen (secondary N) is 1. The van der Waals surface area contributed by atoms with Crippen molar-refractivity contribution in [3.05, 3.63) is 29.0 Å². The van der Waals surface area contributed by atoms with Crippen LogP contribution in [0.3, 0.4) is 0 Å². The van der Waals surface area contributed by atoms with E-state index in [0.717, 1.165) is 45.1 Å². The van der Waals surface area contributed by atoms with Crippen molar-refractivity contribution in [2.45, 2.75) is 19.5 Å². The zero-order chi connectivity index (χ0) is 12.8. The molecule has 1 N–H and O–H groups in total. The minimum absolute atomic E-state index is 0.445. The number of ether oxygens (including phenoxy) is 1. The molecule has 0 aliphatic carbocycles. The van der Waals surface area contributed by atoms with Crippen LogP contribution >= 0.6 is 11.6 Å². The summed E-state index contributed by atoms with van der Waals surface area (Å²) in [6.45, 7) is 7.80. The van der Waals surface area contributed by atoms with Crippen LogP contribution < -0.4 is 5.32 Å². The first-order valence-corrected chi connectivity index (χ1v) is 6.76. The number of hydrogen-bond donors (Lipinski definition) is 1. The fraction of sp³-hybridized carbons (Fsp3) is 0.615. The molecule has 4 nitrogen and oxygen atoms in total. The Morgan fingerprint density at radius 3 is 2.89 bits per heavy atom. The summed E-state index contributed by atoms with van der Waals surface area (Å²) >= 11 is 5.80. The van der Waals surface area contributed by atoms with Crippen molar-refractivity contribution in [1.82, 2.24) is 15.2 Å². The number of halogens is 1. The van der Waals surface area contributed by atoms with E-state index < -0.39 is 0 Å². The van der Waals surface area contributed by atoms with Gasteiger partial charge in [-0.2, -0.15) is 0 Å². The van der Waals surface area contributed by atoms with Crippen LogP contribution in [0.2, 0.25) is 5.02 Å². The van der Waals surface area contributed by atoms with E-state index in [1.165, 1.54) is 0 Å². The molecule has 1 aliphatic rings. The average Bonchev–Trinajstić information content (AvgIpc) is 2.39. The van der Waals surface area contributed by atoms with Gasteiger partial charge in [0.1, 0.15) is 0 Å². The molecule has 0 bridgehead atoms. The Labute approximate surface area is 113 Å². The summed E-state index contributed by atoms with van der Waals surface area (Å²) in [5.41, 5.74) is 1.02. The molecule has 1 atom stereocenters. The van der Waals surface area contributed by atoms with Gasteiger partial charge in [-0.15, -0.1) is 0 Å². The summed E-state index contributed by atoms with van der Waals surface area (Å²) in [5.74, 6) is 0. The molecule has 18 heavy (non-hydrogen) atoms. The lowest BCUT2D eigenvalue weighted by molar-refractivity contribution is 0.0343. The quantitative estimate of drug-likeness (QED) is 0.880. The van der Waals surface area contributed by atoms with Gasteiger partial charge in [0.15, 0.2) is 0 Å². The van der Waals surface area contributed by atoms with E-state index in [2.05, 4.69) is 22.1 Å². The SMILES string of the molecule is CC(CN1CCOCC1)NCc1ccc(Cl)cn1. The zero-order valence-electron chi connectivity index (χ0n) is 10.7. The standard InChI is InChI=1S/C13H20ClN3O/c1-11(10-17-4-6-18-7-5-17)15-9-13-3-2-12(14)8-16-13/h2-3,8,11,15H,4-7,9-10H2,1H3. The van der Waals surface area contributed by atoms with Gasteiger partial charge in [0.25, 0.3) is 0 Å². The monoisotopic (exact) mass is 269 g/mol. The van der Waals surface area contributed by atoms with Crippen LogP contribution in [0, 0.1) is 0 Å². The third kappa shape index (κ3) is 4.53. The average molecular weight is 270 g/mol. The first-order valence-electron chi connectivity index (χ1n) is 6.38. The Bertz CT molecular complexity index is 352. The maximum atomic E-state index is 5.80. The van der Waals surface area contributed by atoms with Gasteiger partial charge >= 0.3 is 0 Å². The molecule has 0 spiro atoms. The first kappa shape index (κ1) is 13.7. The van der Waals surface area contributed by atoms with Crippen molar-refractivity contribution in [3.8, 4) is 0 Å². The van der Waals surface area contributed by atoms with E-state index in [1.807, 2.05) is 12.1 Å². The molecule has 2 rings (SSSR count). The van der Waals surface area contributed by atoms with E-state index in [-0.39, 0.29) is 0 Å². The number of rotatable bonds is 5. The van der Waals surface area contributed by atoms with Crippen LogP contribution in [-0.4, -0.2) is 48.8 Å². The van der Waals surface area contributed by atoms with Crippen LogP contribution in [0.4, 0.5) is 0 Å². The fourth-order valence-corrected chi connectivity index (χ4v) is 2.14. The third-order valence-electron chi connectivity index (χ3n) is 3.06. The Balaban J connectivity index is 1.70. The van der Waals surface area contributed by atoms with Gasteiger partial charge in [-0.1, -0.05) is 11.6 Å². The number of hydrogen-bond acceptors (Lipinski definition) is 4. The van der Waals surface area contributed by atoms with Gasteiger partial charge in [-0.25, -0.2) is 0 Å². The van der Waals surface area contributed by atoms with Crippen LogP contribution in [0.5, 0.6) is 0 Å². The van der Waals surface area contributed by atoms with Crippen molar-refractivity contribution in [3.63, 3.8) is 0 Å². The molecule has 1 fully saturated rings.